The molecule has 0 aliphatic rings. The number of nitrogens with one attached hydrogen (secondary N) is 1. The molecule has 2 unspecified atom stereocenters. The minimum Gasteiger partial charge on any atom is -0.394 e. The van der Waals surface area contributed by atoms with Gasteiger partial charge < -0.3 is 15.5 Å². The first-order valence-electron chi connectivity index (χ1n) is 25.2. The highest BCUT2D eigenvalue weighted by Crippen LogP contribution is 2.11. The van der Waals surface area contributed by atoms with E-state index in [1.807, 2.05) is 6.08 Å². The van der Waals surface area contributed by atoms with Crippen LogP contribution in [-0.4, -0.2) is 34.9 Å². The van der Waals surface area contributed by atoms with Gasteiger partial charge in [-0.1, -0.05) is 230 Å². The Morgan fingerprint density at radius 2 is 0.698 bits per heavy atom. The molecule has 4 nitrogen and oxygen atoms in total. The SMILES string of the molecule is CC/C=C\C/C=C\C/C=C\C/C=C\C/C=C\C/C=C\C/C=C\C/C=C\C/C=C\C/C=C\C/C=C\C/C=C\CCCCCCC(=O)NC(CO)C(O)/C=C/CCCCCCCCCC. The summed E-state index contributed by atoms with van der Waals surface area (Å²) in [5.41, 5.74) is 0. The first-order valence-corrected chi connectivity index (χ1v) is 25.2. The van der Waals surface area contributed by atoms with Crippen molar-refractivity contribution in [1.82, 2.24) is 5.32 Å². The van der Waals surface area contributed by atoms with Crippen molar-refractivity contribution < 1.29 is 15.0 Å². The highest BCUT2D eigenvalue weighted by atomic mass is 16.3. The summed E-state index contributed by atoms with van der Waals surface area (Å²) in [7, 11) is 0. The molecule has 0 saturated heterocycles. The molecule has 0 spiro atoms. The predicted molar refractivity (Wildman–Crippen MR) is 280 cm³/mol. The number of unbranched alkanes of at least 4 members (excludes halogenated alkanes) is 12. The molecular formula is C59H93NO3. The fraction of sp³-hybridized carbons (Fsp3) is 0.542. The predicted octanol–water partition coefficient (Wildman–Crippen LogP) is 16.6. The third-order valence-electron chi connectivity index (χ3n) is 10.3. The summed E-state index contributed by atoms with van der Waals surface area (Å²) in [6.07, 6.45) is 85.2. The Kier molecular flexibility index (Phi) is 49.0. The lowest BCUT2D eigenvalue weighted by atomic mass is 10.1. The van der Waals surface area contributed by atoms with Crippen LogP contribution in [0.1, 0.15) is 187 Å². The summed E-state index contributed by atoms with van der Waals surface area (Å²) in [4.78, 5) is 12.4. The molecule has 0 rings (SSSR count). The van der Waals surface area contributed by atoms with Crippen LogP contribution in [0.15, 0.2) is 158 Å². The molecule has 0 aromatic heterocycles. The van der Waals surface area contributed by atoms with Gasteiger partial charge in [-0.05, 0) is 109 Å². The van der Waals surface area contributed by atoms with E-state index in [2.05, 4.69) is 165 Å². The van der Waals surface area contributed by atoms with Crippen molar-refractivity contribution in [1.29, 1.82) is 0 Å². The van der Waals surface area contributed by atoms with Gasteiger partial charge in [0.15, 0.2) is 0 Å². The number of hydrogen-bond donors (Lipinski definition) is 3. The molecule has 63 heavy (non-hydrogen) atoms. The van der Waals surface area contributed by atoms with Crippen molar-refractivity contribution >= 4 is 5.91 Å². The molecule has 4 heteroatoms. The highest BCUT2D eigenvalue weighted by Gasteiger charge is 2.17. The summed E-state index contributed by atoms with van der Waals surface area (Å²) in [6, 6.07) is -0.645. The number of carbonyl (C=O) groups is 1. The van der Waals surface area contributed by atoms with Gasteiger partial charge in [0.25, 0.3) is 0 Å². The molecule has 0 bridgehead atoms. The van der Waals surface area contributed by atoms with Crippen molar-refractivity contribution in [3.8, 4) is 0 Å². The van der Waals surface area contributed by atoms with Crippen molar-refractivity contribution in [3.05, 3.63) is 158 Å². The van der Waals surface area contributed by atoms with Gasteiger partial charge in [-0.3, -0.25) is 4.79 Å². The first-order chi connectivity index (χ1) is 31.2. The Bertz CT molecular complexity index is 1400. The van der Waals surface area contributed by atoms with E-state index in [1.54, 1.807) is 6.08 Å². The van der Waals surface area contributed by atoms with Crippen LogP contribution in [0.4, 0.5) is 0 Å². The molecule has 0 fully saturated rings. The van der Waals surface area contributed by atoms with Crippen molar-refractivity contribution in [2.45, 2.75) is 199 Å². The van der Waals surface area contributed by atoms with Gasteiger partial charge in [-0.15, -0.1) is 0 Å². The Labute approximate surface area is 388 Å². The monoisotopic (exact) mass is 864 g/mol. The van der Waals surface area contributed by atoms with E-state index in [4.69, 9.17) is 0 Å². The molecular weight excluding hydrogens is 771 g/mol. The second kappa shape index (κ2) is 52.4. The smallest absolute Gasteiger partial charge is 0.220 e. The molecule has 0 heterocycles. The molecule has 352 valence electrons. The van der Waals surface area contributed by atoms with E-state index in [0.717, 1.165) is 122 Å². The number of aliphatic hydroxyl groups excluding tert-OH is 2. The van der Waals surface area contributed by atoms with Crippen molar-refractivity contribution in [3.63, 3.8) is 0 Å². The van der Waals surface area contributed by atoms with Crippen LogP contribution >= 0.6 is 0 Å². The van der Waals surface area contributed by atoms with E-state index in [1.165, 1.54) is 44.9 Å². The van der Waals surface area contributed by atoms with Gasteiger partial charge in [0.1, 0.15) is 0 Å². The van der Waals surface area contributed by atoms with E-state index in [-0.39, 0.29) is 12.5 Å². The average molecular weight is 864 g/mol. The zero-order valence-corrected chi connectivity index (χ0v) is 40.3. The van der Waals surface area contributed by atoms with Crippen molar-refractivity contribution in [2.24, 2.45) is 0 Å². The van der Waals surface area contributed by atoms with Crippen LogP contribution in [-0.2, 0) is 4.79 Å². The number of amides is 1. The summed E-state index contributed by atoms with van der Waals surface area (Å²) >= 11 is 0. The van der Waals surface area contributed by atoms with Gasteiger partial charge >= 0.3 is 0 Å². The van der Waals surface area contributed by atoms with Crippen LogP contribution in [0.2, 0.25) is 0 Å². The van der Waals surface area contributed by atoms with Crippen LogP contribution in [0.3, 0.4) is 0 Å². The topological polar surface area (TPSA) is 69.6 Å². The maximum Gasteiger partial charge on any atom is 0.220 e. The first kappa shape index (κ1) is 59.0. The van der Waals surface area contributed by atoms with Crippen molar-refractivity contribution in [2.75, 3.05) is 6.61 Å². The van der Waals surface area contributed by atoms with Crippen LogP contribution in [0, 0.1) is 0 Å². The lowest BCUT2D eigenvalue weighted by molar-refractivity contribution is -0.123. The van der Waals surface area contributed by atoms with Gasteiger partial charge in [0, 0.05) is 6.42 Å². The molecule has 0 aromatic carbocycles. The fourth-order valence-corrected chi connectivity index (χ4v) is 6.45. The normalized spacial score (nSPS) is 14.3. The minimum atomic E-state index is -0.859. The van der Waals surface area contributed by atoms with Gasteiger partial charge in [-0.2, -0.15) is 0 Å². The van der Waals surface area contributed by atoms with E-state index < -0.39 is 12.1 Å². The average Bonchev–Trinajstić information content (AvgIpc) is 3.29. The molecule has 0 aliphatic heterocycles. The quantitative estimate of drug-likeness (QED) is 0.0422. The summed E-state index contributed by atoms with van der Waals surface area (Å²) < 4.78 is 0. The van der Waals surface area contributed by atoms with Gasteiger partial charge in [0.2, 0.25) is 5.91 Å². The molecule has 1 amide bonds. The zero-order valence-electron chi connectivity index (χ0n) is 40.3. The Morgan fingerprint density at radius 3 is 1.05 bits per heavy atom. The fourth-order valence-electron chi connectivity index (χ4n) is 6.45. The summed E-state index contributed by atoms with van der Waals surface area (Å²) in [5, 5.41) is 22.9. The molecule has 0 radical (unpaired) electrons. The number of rotatable bonds is 43. The summed E-state index contributed by atoms with van der Waals surface area (Å²) in [6.45, 7) is 4.14. The lowest BCUT2D eigenvalue weighted by Crippen LogP contribution is -2.45. The van der Waals surface area contributed by atoms with Gasteiger partial charge in [-0.25, -0.2) is 0 Å². The van der Waals surface area contributed by atoms with Crippen LogP contribution in [0.25, 0.3) is 0 Å². The number of hydrogen-bond acceptors (Lipinski definition) is 3. The third kappa shape index (κ3) is 48.9. The standard InChI is InChI=1S/C59H93NO3/c1-3-5-7-9-11-13-15-16-17-18-19-20-21-22-23-24-25-26-27-28-29-30-31-32-33-34-35-36-37-38-39-40-41-42-43-44-45-47-49-51-53-55-59(63)60-57(56-61)58(62)54-52-50-48-46-14-12-10-8-6-4-2/h5,7,11,13,16-17,19-20,22-23,25-26,28-29,31-32,34-35,37-38,40-41,43-44,52,54,57-58,61-62H,3-4,6,8-10,12,14-15,18,21,24,27,30,33,36,39,42,45-51,53,55-56H2,1-2H3,(H,60,63)/b7-5-,13-11-,17-16-,20-19-,23-22-,26-25-,29-28-,32-31-,35-34-,38-37-,41-40-,44-43-,54-52+. The lowest BCUT2D eigenvalue weighted by Gasteiger charge is -2.20. The molecule has 3 N–H and O–H groups in total. The maximum atomic E-state index is 12.4. The second-order valence-electron chi connectivity index (χ2n) is 16.1. The Hall–Kier alpha value is -3.99. The van der Waals surface area contributed by atoms with E-state index in [9.17, 15) is 15.0 Å². The maximum absolute atomic E-state index is 12.4. The zero-order chi connectivity index (χ0) is 45.6. The van der Waals surface area contributed by atoms with Gasteiger partial charge in [0.05, 0.1) is 18.8 Å². The molecule has 2 atom stereocenters. The third-order valence-corrected chi connectivity index (χ3v) is 10.3. The minimum absolute atomic E-state index is 0.0984. The largest absolute Gasteiger partial charge is 0.394 e. The van der Waals surface area contributed by atoms with Crippen LogP contribution < -0.4 is 5.32 Å². The highest BCUT2D eigenvalue weighted by molar-refractivity contribution is 5.76. The van der Waals surface area contributed by atoms with Crippen LogP contribution in [0.5, 0.6) is 0 Å². The molecule has 0 saturated carbocycles. The van der Waals surface area contributed by atoms with E-state index >= 15 is 0 Å². The molecule has 0 aromatic rings. The van der Waals surface area contributed by atoms with E-state index in [0.29, 0.717) is 6.42 Å². The Balaban J connectivity index is 3.72. The number of carbonyl (C=O) groups excluding carboxylic acids is 1. The number of aliphatic hydroxyl groups is 2. The second-order valence-corrected chi connectivity index (χ2v) is 16.1. The molecule has 0 aliphatic carbocycles. The number of allylic oxidation sites excluding steroid dienone is 25. The Morgan fingerprint density at radius 1 is 0.397 bits per heavy atom. The summed E-state index contributed by atoms with van der Waals surface area (Å²) in [5.74, 6) is -0.0984.